The molecule has 0 amide bonds. The van der Waals surface area contributed by atoms with Crippen LogP contribution in [0.4, 0.5) is 4.39 Å². The molecule has 0 spiro atoms. The van der Waals surface area contributed by atoms with Crippen LogP contribution in [0.15, 0.2) is 18.2 Å². The molecule has 0 radical (unpaired) electrons. The van der Waals surface area contributed by atoms with Crippen molar-refractivity contribution >= 4 is 11.6 Å². The minimum atomic E-state index is -0.316. The van der Waals surface area contributed by atoms with Crippen LogP contribution in [-0.4, -0.2) is 18.8 Å². The Morgan fingerprint density at radius 3 is 2.50 bits per heavy atom. The third-order valence-electron chi connectivity index (χ3n) is 4.49. The SMILES string of the molecule is COC1(C(N)Cc2ccc(F)cc2Cl)CCCCCC1. The average Bonchev–Trinajstić information content (AvgIpc) is 2.68. The second-order valence-electron chi connectivity index (χ2n) is 5.73. The van der Waals surface area contributed by atoms with Gasteiger partial charge in [-0.05, 0) is 37.0 Å². The summed E-state index contributed by atoms with van der Waals surface area (Å²) in [4.78, 5) is 0. The maximum Gasteiger partial charge on any atom is 0.124 e. The molecule has 20 heavy (non-hydrogen) atoms. The molecular formula is C16H23ClFNO. The van der Waals surface area contributed by atoms with Gasteiger partial charge in [0.2, 0.25) is 0 Å². The predicted octanol–water partition coefficient (Wildman–Crippen LogP) is 4.09. The largest absolute Gasteiger partial charge is 0.377 e. The number of ether oxygens (including phenoxy) is 1. The summed E-state index contributed by atoms with van der Waals surface area (Å²) in [6.45, 7) is 0. The van der Waals surface area contributed by atoms with Gasteiger partial charge in [0.1, 0.15) is 5.82 Å². The zero-order valence-corrected chi connectivity index (χ0v) is 12.8. The van der Waals surface area contributed by atoms with Crippen molar-refractivity contribution in [1.29, 1.82) is 0 Å². The Bertz CT molecular complexity index is 444. The fraction of sp³-hybridized carbons (Fsp3) is 0.625. The van der Waals surface area contributed by atoms with Gasteiger partial charge in [-0.15, -0.1) is 0 Å². The lowest BCUT2D eigenvalue weighted by Crippen LogP contribution is -2.50. The van der Waals surface area contributed by atoms with Gasteiger partial charge in [-0.3, -0.25) is 0 Å². The zero-order valence-electron chi connectivity index (χ0n) is 12.0. The molecule has 112 valence electrons. The maximum absolute atomic E-state index is 13.1. The predicted molar refractivity (Wildman–Crippen MR) is 80.5 cm³/mol. The first-order valence-electron chi connectivity index (χ1n) is 7.32. The van der Waals surface area contributed by atoms with Crippen LogP contribution in [-0.2, 0) is 11.2 Å². The van der Waals surface area contributed by atoms with E-state index in [1.54, 1.807) is 13.2 Å². The van der Waals surface area contributed by atoms with Crippen LogP contribution in [0.3, 0.4) is 0 Å². The number of methoxy groups -OCH3 is 1. The first-order chi connectivity index (χ1) is 9.57. The van der Waals surface area contributed by atoms with E-state index in [9.17, 15) is 4.39 Å². The summed E-state index contributed by atoms with van der Waals surface area (Å²) in [6, 6.07) is 4.38. The lowest BCUT2D eigenvalue weighted by atomic mass is 9.83. The van der Waals surface area contributed by atoms with Gasteiger partial charge in [0.25, 0.3) is 0 Å². The summed E-state index contributed by atoms with van der Waals surface area (Å²) in [6.07, 6.45) is 7.39. The molecule has 2 N–H and O–H groups in total. The van der Waals surface area contributed by atoms with Crippen molar-refractivity contribution in [3.8, 4) is 0 Å². The molecule has 1 fully saturated rings. The number of nitrogens with two attached hydrogens (primary N) is 1. The number of hydrogen-bond acceptors (Lipinski definition) is 2. The summed E-state index contributed by atoms with van der Waals surface area (Å²) in [7, 11) is 1.75. The zero-order chi connectivity index (χ0) is 14.6. The second kappa shape index (κ2) is 6.88. The highest BCUT2D eigenvalue weighted by Gasteiger charge is 2.37. The Labute approximate surface area is 125 Å². The van der Waals surface area contributed by atoms with E-state index in [0.717, 1.165) is 31.2 Å². The highest BCUT2D eigenvalue weighted by Crippen LogP contribution is 2.34. The molecule has 1 aliphatic carbocycles. The summed E-state index contributed by atoms with van der Waals surface area (Å²) in [5.74, 6) is -0.316. The van der Waals surface area contributed by atoms with Crippen LogP contribution >= 0.6 is 11.6 Å². The lowest BCUT2D eigenvalue weighted by molar-refractivity contribution is -0.0430. The molecule has 2 rings (SSSR count). The lowest BCUT2D eigenvalue weighted by Gasteiger charge is -2.37. The normalized spacial score (nSPS) is 20.4. The summed E-state index contributed by atoms with van der Waals surface area (Å²) in [5, 5.41) is 0.445. The molecule has 0 heterocycles. The molecular weight excluding hydrogens is 277 g/mol. The Balaban J connectivity index is 2.13. The van der Waals surface area contributed by atoms with Crippen molar-refractivity contribution in [1.82, 2.24) is 0 Å². The topological polar surface area (TPSA) is 35.2 Å². The van der Waals surface area contributed by atoms with E-state index in [-0.39, 0.29) is 17.5 Å². The minimum Gasteiger partial charge on any atom is -0.377 e. The van der Waals surface area contributed by atoms with Crippen LogP contribution in [0.1, 0.15) is 44.1 Å². The van der Waals surface area contributed by atoms with Gasteiger partial charge in [0, 0.05) is 18.2 Å². The smallest absolute Gasteiger partial charge is 0.124 e. The molecule has 4 heteroatoms. The third-order valence-corrected chi connectivity index (χ3v) is 4.84. The molecule has 1 aliphatic rings. The molecule has 0 saturated heterocycles. The molecule has 0 aromatic heterocycles. The van der Waals surface area contributed by atoms with E-state index in [4.69, 9.17) is 22.1 Å². The van der Waals surface area contributed by atoms with Gasteiger partial charge in [0.05, 0.1) is 5.60 Å². The highest BCUT2D eigenvalue weighted by atomic mass is 35.5. The van der Waals surface area contributed by atoms with Crippen LogP contribution in [0.5, 0.6) is 0 Å². The molecule has 1 saturated carbocycles. The number of benzene rings is 1. The first-order valence-corrected chi connectivity index (χ1v) is 7.70. The van der Waals surface area contributed by atoms with Crippen LogP contribution in [0.2, 0.25) is 5.02 Å². The van der Waals surface area contributed by atoms with Crippen molar-refractivity contribution in [3.63, 3.8) is 0 Å². The van der Waals surface area contributed by atoms with Crippen LogP contribution in [0, 0.1) is 5.82 Å². The monoisotopic (exact) mass is 299 g/mol. The van der Waals surface area contributed by atoms with E-state index < -0.39 is 0 Å². The van der Waals surface area contributed by atoms with E-state index >= 15 is 0 Å². The highest BCUT2D eigenvalue weighted by molar-refractivity contribution is 6.31. The van der Waals surface area contributed by atoms with Gasteiger partial charge >= 0.3 is 0 Å². The van der Waals surface area contributed by atoms with Gasteiger partial charge in [-0.2, -0.15) is 0 Å². The molecule has 2 nitrogen and oxygen atoms in total. The van der Waals surface area contributed by atoms with E-state index in [0.29, 0.717) is 11.4 Å². The van der Waals surface area contributed by atoms with Gasteiger partial charge in [-0.25, -0.2) is 4.39 Å². The summed E-state index contributed by atoms with van der Waals surface area (Å²) >= 11 is 6.10. The van der Waals surface area contributed by atoms with Gasteiger partial charge < -0.3 is 10.5 Å². The van der Waals surface area contributed by atoms with E-state index in [1.807, 2.05) is 0 Å². The Morgan fingerprint density at radius 2 is 1.95 bits per heavy atom. The first kappa shape index (κ1) is 15.7. The van der Waals surface area contributed by atoms with E-state index in [2.05, 4.69) is 0 Å². The number of halogens is 2. The standard InChI is InChI=1S/C16H23ClFNO/c1-20-16(8-4-2-3-5-9-16)15(19)10-12-6-7-13(18)11-14(12)17/h6-7,11,15H,2-5,8-10,19H2,1H3. The fourth-order valence-electron chi connectivity index (χ4n) is 3.16. The van der Waals surface area contributed by atoms with Gasteiger partial charge in [0.15, 0.2) is 0 Å². The van der Waals surface area contributed by atoms with Crippen molar-refractivity contribution < 1.29 is 9.13 Å². The Kier molecular flexibility index (Phi) is 5.42. The van der Waals surface area contributed by atoms with Gasteiger partial charge in [-0.1, -0.05) is 43.4 Å². The summed E-state index contributed by atoms with van der Waals surface area (Å²) in [5.41, 5.74) is 7.05. The number of hydrogen-bond donors (Lipinski definition) is 1. The maximum atomic E-state index is 13.1. The van der Waals surface area contributed by atoms with Crippen LogP contribution < -0.4 is 5.73 Å². The number of rotatable bonds is 4. The third kappa shape index (κ3) is 3.51. The van der Waals surface area contributed by atoms with Crippen molar-refractivity contribution in [2.45, 2.75) is 56.6 Å². The van der Waals surface area contributed by atoms with Crippen molar-refractivity contribution in [3.05, 3.63) is 34.6 Å². The van der Waals surface area contributed by atoms with E-state index in [1.165, 1.54) is 25.0 Å². The molecule has 1 aromatic rings. The molecule has 1 unspecified atom stereocenters. The second-order valence-corrected chi connectivity index (χ2v) is 6.14. The van der Waals surface area contributed by atoms with Crippen LogP contribution in [0.25, 0.3) is 0 Å². The molecule has 1 aromatic carbocycles. The molecule has 1 atom stereocenters. The molecule has 0 aliphatic heterocycles. The molecule has 0 bridgehead atoms. The minimum absolute atomic E-state index is 0.117. The average molecular weight is 300 g/mol. The Morgan fingerprint density at radius 1 is 1.30 bits per heavy atom. The van der Waals surface area contributed by atoms with Crippen molar-refractivity contribution in [2.75, 3.05) is 7.11 Å². The van der Waals surface area contributed by atoms with Crippen molar-refractivity contribution in [2.24, 2.45) is 5.73 Å². The fourth-order valence-corrected chi connectivity index (χ4v) is 3.41. The quantitative estimate of drug-likeness (QED) is 0.850. The Hall–Kier alpha value is -0.640. The summed E-state index contributed by atoms with van der Waals surface area (Å²) < 4.78 is 18.9.